The third kappa shape index (κ3) is 3.84. The van der Waals surface area contributed by atoms with Gasteiger partial charge in [0.1, 0.15) is 0 Å². The van der Waals surface area contributed by atoms with Crippen LogP contribution in [0.5, 0.6) is 0 Å². The highest BCUT2D eigenvalue weighted by Crippen LogP contribution is 2.17. The number of benzene rings is 2. The molecule has 130 valence electrons. The normalized spacial score (nSPS) is 11.9. The number of amides is 1. The summed E-state index contributed by atoms with van der Waals surface area (Å²) in [5, 5.41) is 10.8. The van der Waals surface area contributed by atoms with E-state index in [1.807, 2.05) is 28.8 Å². The predicted octanol–water partition coefficient (Wildman–Crippen LogP) is 3.94. The molecule has 0 spiro atoms. The molecule has 0 aliphatic carbocycles. The maximum atomic E-state index is 12.2. The van der Waals surface area contributed by atoms with Crippen molar-refractivity contribution in [3.05, 3.63) is 87.7 Å². The number of fused-ring (bicyclic) bond motifs is 1. The third-order valence-electron chi connectivity index (χ3n) is 3.61. The minimum Gasteiger partial charge on any atom is -0.312 e. The molecule has 0 fully saturated rings. The molecular formula is C19H15N3O3S. The van der Waals surface area contributed by atoms with Crippen molar-refractivity contribution < 1.29 is 9.72 Å². The van der Waals surface area contributed by atoms with Crippen LogP contribution in [0, 0.1) is 10.1 Å². The van der Waals surface area contributed by atoms with Gasteiger partial charge in [-0.05, 0) is 23.8 Å². The number of carbonyl (C=O) groups excluding carboxylic acids is 1. The largest absolute Gasteiger partial charge is 0.312 e. The van der Waals surface area contributed by atoms with Crippen molar-refractivity contribution in [1.82, 2.24) is 4.57 Å². The number of para-hydroxylation sites is 1. The van der Waals surface area contributed by atoms with Gasteiger partial charge in [-0.2, -0.15) is 4.99 Å². The van der Waals surface area contributed by atoms with Crippen molar-refractivity contribution in [3.63, 3.8) is 0 Å². The first kappa shape index (κ1) is 17.5. The monoisotopic (exact) mass is 365 g/mol. The first-order valence-electron chi connectivity index (χ1n) is 7.79. The number of non-ortho nitro benzene ring substituents is 1. The van der Waals surface area contributed by atoms with E-state index in [0.717, 1.165) is 10.2 Å². The number of rotatable bonds is 5. The molecule has 6 nitrogen and oxygen atoms in total. The molecule has 0 saturated carbocycles. The fourth-order valence-corrected chi connectivity index (χ4v) is 3.50. The zero-order valence-corrected chi connectivity index (χ0v) is 14.6. The molecule has 1 heterocycles. The number of hydrogen-bond acceptors (Lipinski definition) is 4. The van der Waals surface area contributed by atoms with Crippen LogP contribution >= 0.6 is 11.3 Å². The van der Waals surface area contributed by atoms with E-state index in [-0.39, 0.29) is 5.69 Å². The van der Waals surface area contributed by atoms with E-state index in [0.29, 0.717) is 16.9 Å². The van der Waals surface area contributed by atoms with Crippen molar-refractivity contribution in [2.24, 2.45) is 4.99 Å². The number of aromatic nitrogens is 1. The Bertz CT molecular complexity index is 1090. The molecule has 3 rings (SSSR count). The van der Waals surface area contributed by atoms with E-state index >= 15 is 0 Å². The first-order chi connectivity index (χ1) is 12.6. The summed E-state index contributed by atoms with van der Waals surface area (Å²) in [4.78, 5) is 27.3. The minimum absolute atomic E-state index is 0.0233. The Morgan fingerprint density at radius 2 is 2.08 bits per heavy atom. The molecule has 0 saturated heterocycles. The smallest absolute Gasteiger partial charge is 0.272 e. The van der Waals surface area contributed by atoms with E-state index in [9.17, 15) is 14.9 Å². The van der Waals surface area contributed by atoms with Crippen LogP contribution < -0.4 is 4.80 Å². The Labute approximate surface area is 153 Å². The molecule has 2 aromatic carbocycles. The molecule has 1 aromatic heterocycles. The Hall–Kier alpha value is -3.32. The van der Waals surface area contributed by atoms with Gasteiger partial charge in [-0.3, -0.25) is 14.9 Å². The van der Waals surface area contributed by atoms with Gasteiger partial charge >= 0.3 is 0 Å². The Morgan fingerprint density at radius 3 is 2.85 bits per heavy atom. The van der Waals surface area contributed by atoms with Crippen LogP contribution in [0.1, 0.15) is 5.56 Å². The van der Waals surface area contributed by atoms with Crippen molar-refractivity contribution in [2.45, 2.75) is 6.54 Å². The summed E-state index contributed by atoms with van der Waals surface area (Å²) in [7, 11) is 0. The van der Waals surface area contributed by atoms with Gasteiger partial charge in [-0.1, -0.05) is 41.7 Å². The number of hydrogen-bond donors (Lipinski definition) is 0. The van der Waals surface area contributed by atoms with Gasteiger partial charge in [0.2, 0.25) is 0 Å². The van der Waals surface area contributed by atoms with Gasteiger partial charge < -0.3 is 4.57 Å². The van der Waals surface area contributed by atoms with Gasteiger partial charge in [0.05, 0.1) is 15.1 Å². The Balaban J connectivity index is 1.92. The molecular weight excluding hydrogens is 350 g/mol. The standard InChI is InChI=1S/C19H15N3O3S/c1-2-12-21-16-8-3-4-9-17(16)26-19(21)20-18(23)11-10-14-6-5-7-15(13-14)22(24)25/h2-11,13H,1,12H2/b11-10+,20-19?. The van der Waals surface area contributed by atoms with Gasteiger partial charge in [-0.25, -0.2) is 0 Å². The number of thiazole rings is 1. The van der Waals surface area contributed by atoms with Crippen molar-refractivity contribution in [2.75, 3.05) is 0 Å². The van der Waals surface area contributed by atoms with Crippen LogP contribution in [-0.4, -0.2) is 15.4 Å². The van der Waals surface area contributed by atoms with Crippen LogP contribution in [-0.2, 0) is 11.3 Å². The van der Waals surface area contributed by atoms with Crippen molar-refractivity contribution in [1.29, 1.82) is 0 Å². The Kier molecular flexibility index (Phi) is 5.19. The summed E-state index contributed by atoms with van der Waals surface area (Å²) >= 11 is 1.42. The fourth-order valence-electron chi connectivity index (χ4n) is 2.45. The SMILES string of the molecule is C=CCn1c(=NC(=O)/C=C/c2cccc([N+](=O)[O-])c2)sc2ccccc21. The van der Waals surface area contributed by atoms with E-state index < -0.39 is 10.8 Å². The predicted molar refractivity (Wildman–Crippen MR) is 103 cm³/mol. The number of allylic oxidation sites excluding steroid dienone is 1. The maximum Gasteiger partial charge on any atom is 0.272 e. The quantitative estimate of drug-likeness (QED) is 0.297. The number of nitrogens with zero attached hydrogens (tertiary/aromatic N) is 3. The molecule has 0 aliphatic heterocycles. The lowest BCUT2D eigenvalue weighted by atomic mass is 10.2. The lowest BCUT2D eigenvalue weighted by Crippen LogP contribution is -2.15. The van der Waals surface area contributed by atoms with Gasteiger partial charge in [0, 0.05) is 24.8 Å². The van der Waals surface area contributed by atoms with Crippen LogP contribution in [0.4, 0.5) is 5.69 Å². The van der Waals surface area contributed by atoms with Gasteiger partial charge in [-0.15, -0.1) is 6.58 Å². The second kappa shape index (κ2) is 7.71. The van der Waals surface area contributed by atoms with Crippen LogP contribution in [0.15, 0.2) is 72.3 Å². The number of nitro benzene ring substituents is 1. The number of nitro groups is 1. The van der Waals surface area contributed by atoms with Gasteiger partial charge in [0.15, 0.2) is 4.80 Å². The van der Waals surface area contributed by atoms with E-state index in [1.165, 1.54) is 35.6 Å². The number of carbonyl (C=O) groups is 1. The van der Waals surface area contributed by atoms with E-state index in [4.69, 9.17) is 0 Å². The topological polar surface area (TPSA) is 77.5 Å². The zero-order valence-electron chi connectivity index (χ0n) is 13.7. The molecule has 3 aromatic rings. The average molecular weight is 365 g/mol. The van der Waals surface area contributed by atoms with Crippen LogP contribution in [0.25, 0.3) is 16.3 Å². The zero-order chi connectivity index (χ0) is 18.5. The first-order valence-corrected chi connectivity index (χ1v) is 8.60. The lowest BCUT2D eigenvalue weighted by Gasteiger charge is -1.99. The summed E-state index contributed by atoms with van der Waals surface area (Å²) in [6.07, 6.45) is 4.58. The molecule has 0 unspecified atom stereocenters. The average Bonchev–Trinajstić information content (AvgIpc) is 2.98. The second-order valence-corrected chi connectivity index (χ2v) is 6.40. The van der Waals surface area contributed by atoms with E-state index in [2.05, 4.69) is 11.6 Å². The molecule has 0 aliphatic rings. The third-order valence-corrected chi connectivity index (χ3v) is 4.66. The van der Waals surface area contributed by atoms with E-state index in [1.54, 1.807) is 18.2 Å². The lowest BCUT2D eigenvalue weighted by molar-refractivity contribution is -0.384. The van der Waals surface area contributed by atoms with Crippen molar-refractivity contribution in [3.8, 4) is 0 Å². The van der Waals surface area contributed by atoms with Gasteiger partial charge in [0.25, 0.3) is 11.6 Å². The highest BCUT2D eigenvalue weighted by Gasteiger charge is 2.06. The van der Waals surface area contributed by atoms with Crippen LogP contribution in [0.2, 0.25) is 0 Å². The molecule has 7 heteroatoms. The molecule has 0 atom stereocenters. The summed E-state index contributed by atoms with van der Waals surface area (Å²) < 4.78 is 2.95. The highest BCUT2D eigenvalue weighted by atomic mass is 32.1. The summed E-state index contributed by atoms with van der Waals surface area (Å²) in [6, 6.07) is 13.9. The molecule has 0 bridgehead atoms. The molecule has 26 heavy (non-hydrogen) atoms. The summed E-state index contributed by atoms with van der Waals surface area (Å²) in [6.45, 7) is 4.30. The van der Waals surface area contributed by atoms with Crippen LogP contribution in [0.3, 0.4) is 0 Å². The van der Waals surface area contributed by atoms with Crippen molar-refractivity contribution >= 4 is 39.2 Å². The molecule has 1 amide bonds. The minimum atomic E-state index is -0.473. The Morgan fingerprint density at radius 1 is 1.27 bits per heavy atom. The molecule has 0 N–H and O–H groups in total. The molecule has 0 radical (unpaired) electrons. The summed E-state index contributed by atoms with van der Waals surface area (Å²) in [5.41, 5.74) is 1.54. The highest BCUT2D eigenvalue weighted by molar-refractivity contribution is 7.16. The second-order valence-electron chi connectivity index (χ2n) is 5.39. The summed E-state index contributed by atoms with van der Waals surface area (Å²) in [5.74, 6) is -0.430. The fraction of sp³-hybridized carbons (Fsp3) is 0.0526. The maximum absolute atomic E-state index is 12.2.